The highest BCUT2D eigenvalue weighted by atomic mass is 16.5. The van der Waals surface area contributed by atoms with E-state index in [1.807, 2.05) is 30.3 Å². The molecule has 8 nitrogen and oxygen atoms in total. The first-order valence-corrected chi connectivity index (χ1v) is 9.02. The van der Waals surface area contributed by atoms with Crippen molar-refractivity contribution in [1.82, 2.24) is 19.2 Å². The molecule has 146 valence electrons. The van der Waals surface area contributed by atoms with Crippen LogP contribution in [-0.2, 0) is 11.3 Å². The Morgan fingerprint density at radius 3 is 2.52 bits per heavy atom. The molecular formula is C21H19N5O3. The maximum atomic E-state index is 12.7. The number of nitrogens with zero attached hydrogens (tertiary/aromatic N) is 4. The quantitative estimate of drug-likeness (QED) is 0.566. The van der Waals surface area contributed by atoms with Gasteiger partial charge in [0.1, 0.15) is 18.1 Å². The van der Waals surface area contributed by atoms with Gasteiger partial charge in [-0.1, -0.05) is 30.3 Å². The van der Waals surface area contributed by atoms with Gasteiger partial charge in [-0.3, -0.25) is 4.79 Å². The summed E-state index contributed by atoms with van der Waals surface area (Å²) in [5, 5.41) is 7.06. The zero-order valence-corrected chi connectivity index (χ0v) is 16.0. The molecule has 2 aromatic heterocycles. The molecule has 0 spiro atoms. The van der Waals surface area contributed by atoms with E-state index in [1.54, 1.807) is 44.4 Å². The van der Waals surface area contributed by atoms with Crippen molar-refractivity contribution in [1.29, 1.82) is 0 Å². The zero-order chi connectivity index (χ0) is 20.4. The second-order valence-electron chi connectivity index (χ2n) is 6.47. The van der Waals surface area contributed by atoms with Gasteiger partial charge in [0, 0.05) is 17.3 Å². The zero-order valence-electron chi connectivity index (χ0n) is 16.0. The minimum Gasteiger partial charge on any atom is -0.497 e. The van der Waals surface area contributed by atoms with Crippen LogP contribution in [0.1, 0.15) is 5.82 Å². The van der Waals surface area contributed by atoms with Gasteiger partial charge in [0.2, 0.25) is 5.91 Å². The summed E-state index contributed by atoms with van der Waals surface area (Å²) in [7, 11) is 1.57. The molecule has 0 aliphatic carbocycles. The number of rotatable bonds is 5. The van der Waals surface area contributed by atoms with Gasteiger partial charge in [0.05, 0.1) is 12.8 Å². The molecule has 0 radical (unpaired) electrons. The molecule has 0 fully saturated rings. The summed E-state index contributed by atoms with van der Waals surface area (Å²) in [4.78, 5) is 29.6. The van der Waals surface area contributed by atoms with Crippen molar-refractivity contribution < 1.29 is 9.53 Å². The third-order valence-corrected chi connectivity index (χ3v) is 4.47. The van der Waals surface area contributed by atoms with Gasteiger partial charge < -0.3 is 10.1 Å². The van der Waals surface area contributed by atoms with Crippen LogP contribution in [0.3, 0.4) is 0 Å². The fraction of sp³-hybridized carbons (Fsp3) is 0.143. The molecule has 0 aliphatic heterocycles. The van der Waals surface area contributed by atoms with E-state index in [9.17, 15) is 9.59 Å². The molecule has 0 saturated heterocycles. The van der Waals surface area contributed by atoms with Gasteiger partial charge in [0.25, 0.3) is 0 Å². The standard InChI is InChI=1S/C21H19N5O3/c1-14-22-18(15-6-4-3-5-7-15)12-19-24-25(21(28)26(14)19)13-20(27)23-16-8-10-17(29-2)11-9-16/h3-12H,13H2,1-2H3,(H,23,27). The topological polar surface area (TPSA) is 90.5 Å². The summed E-state index contributed by atoms with van der Waals surface area (Å²) in [6.07, 6.45) is 0. The number of amides is 1. The van der Waals surface area contributed by atoms with Gasteiger partial charge in [-0.05, 0) is 31.2 Å². The monoisotopic (exact) mass is 389 g/mol. The Kier molecular flexibility index (Phi) is 4.82. The Morgan fingerprint density at radius 2 is 1.83 bits per heavy atom. The van der Waals surface area contributed by atoms with Crippen molar-refractivity contribution >= 4 is 17.2 Å². The molecule has 4 aromatic rings. The molecular weight excluding hydrogens is 370 g/mol. The molecule has 0 unspecified atom stereocenters. The Balaban J connectivity index is 1.60. The molecule has 0 aliphatic rings. The molecule has 1 amide bonds. The van der Waals surface area contributed by atoms with Crippen LogP contribution >= 0.6 is 0 Å². The summed E-state index contributed by atoms with van der Waals surface area (Å²) < 4.78 is 7.63. The first-order chi connectivity index (χ1) is 14.0. The lowest BCUT2D eigenvalue weighted by Crippen LogP contribution is -2.28. The maximum absolute atomic E-state index is 12.7. The lowest BCUT2D eigenvalue weighted by Gasteiger charge is -2.05. The average Bonchev–Trinajstić information content (AvgIpc) is 3.04. The van der Waals surface area contributed by atoms with E-state index in [0.717, 1.165) is 15.9 Å². The van der Waals surface area contributed by atoms with E-state index in [4.69, 9.17) is 4.74 Å². The fourth-order valence-corrected chi connectivity index (χ4v) is 3.07. The summed E-state index contributed by atoms with van der Waals surface area (Å²) in [5.41, 5.74) is 2.29. The normalized spacial score (nSPS) is 10.8. The average molecular weight is 389 g/mol. The van der Waals surface area contributed by atoms with E-state index in [-0.39, 0.29) is 12.5 Å². The van der Waals surface area contributed by atoms with Crippen molar-refractivity contribution in [3.05, 3.63) is 77.0 Å². The number of fused-ring (bicyclic) bond motifs is 1. The van der Waals surface area contributed by atoms with E-state index < -0.39 is 5.69 Å². The van der Waals surface area contributed by atoms with Gasteiger partial charge in [-0.25, -0.2) is 18.9 Å². The fourth-order valence-electron chi connectivity index (χ4n) is 3.07. The summed E-state index contributed by atoms with van der Waals surface area (Å²) >= 11 is 0. The lowest BCUT2D eigenvalue weighted by molar-refractivity contribution is -0.117. The highest BCUT2D eigenvalue weighted by molar-refractivity contribution is 5.90. The number of carbonyl (C=O) groups is 1. The molecule has 0 atom stereocenters. The predicted octanol–water partition coefficient (Wildman–Crippen LogP) is 2.51. The summed E-state index contributed by atoms with van der Waals surface area (Å²) in [5.74, 6) is 0.847. The number of benzene rings is 2. The Morgan fingerprint density at radius 1 is 1.10 bits per heavy atom. The number of aryl methyl sites for hydroxylation is 1. The van der Waals surface area contributed by atoms with Gasteiger partial charge in [0.15, 0.2) is 5.65 Å². The Labute approximate surface area is 166 Å². The highest BCUT2D eigenvalue weighted by Crippen LogP contribution is 2.18. The van der Waals surface area contributed by atoms with Crippen LogP contribution in [0.25, 0.3) is 16.9 Å². The van der Waals surface area contributed by atoms with E-state index in [2.05, 4.69) is 15.4 Å². The van der Waals surface area contributed by atoms with E-state index in [1.165, 1.54) is 4.40 Å². The third kappa shape index (κ3) is 3.73. The van der Waals surface area contributed by atoms with Crippen LogP contribution in [0.2, 0.25) is 0 Å². The van der Waals surface area contributed by atoms with Crippen LogP contribution in [0.4, 0.5) is 5.69 Å². The number of ether oxygens (including phenoxy) is 1. The van der Waals surface area contributed by atoms with Gasteiger partial charge >= 0.3 is 5.69 Å². The maximum Gasteiger partial charge on any atom is 0.352 e. The van der Waals surface area contributed by atoms with E-state index >= 15 is 0 Å². The van der Waals surface area contributed by atoms with Crippen molar-refractivity contribution in [2.24, 2.45) is 0 Å². The van der Waals surface area contributed by atoms with Gasteiger partial charge in [-0.2, -0.15) is 0 Å². The van der Waals surface area contributed by atoms with Crippen LogP contribution in [0.5, 0.6) is 5.75 Å². The van der Waals surface area contributed by atoms with Crippen LogP contribution in [0.15, 0.2) is 65.5 Å². The van der Waals surface area contributed by atoms with Crippen molar-refractivity contribution in [2.75, 3.05) is 12.4 Å². The second kappa shape index (κ2) is 7.59. The van der Waals surface area contributed by atoms with Gasteiger partial charge in [-0.15, -0.1) is 5.10 Å². The molecule has 8 heteroatoms. The molecule has 0 saturated carbocycles. The second-order valence-corrected chi connectivity index (χ2v) is 6.47. The Bertz CT molecular complexity index is 1230. The largest absolute Gasteiger partial charge is 0.497 e. The molecule has 1 N–H and O–H groups in total. The first kappa shape index (κ1) is 18.4. The Hall–Kier alpha value is -3.94. The molecule has 2 aromatic carbocycles. The van der Waals surface area contributed by atoms with E-state index in [0.29, 0.717) is 22.9 Å². The van der Waals surface area contributed by atoms with Crippen molar-refractivity contribution in [2.45, 2.75) is 13.5 Å². The minimum atomic E-state index is -0.408. The van der Waals surface area contributed by atoms with Crippen LogP contribution in [-0.4, -0.2) is 32.2 Å². The number of aromatic nitrogens is 4. The molecule has 4 rings (SSSR count). The molecule has 2 heterocycles. The summed E-state index contributed by atoms with van der Waals surface area (Å²) in [6.45, 7) is 1.54. The number of nitrogens with one attached hydrogen (secondary N) is 1. The van der Waals surface area contributed by atoms with Crippen molar-refractivity contribution in [3.8, 4) is 17.0 Å². The number of anilines is 1. The molecule has 0 bridgehead atoms. The molecule has 29 heavy (non-hydrogen) atoms. The van der Waals surface area contributed by atoms with Crippen LogP contribution in [0, 0.1) is 6.92 Å². The first-order valence-electron chi connectivity index (χ1n) is 9.02. The number of carbonyl (C=O) groups excluding carboxylic acids is 1. The SMILES string of the molecule is COc1ccc(NC(=O)Cn2nc3cc(-c4ccccc4)nc(C)n3c2=O)cc1. The summed E-state index contributed by atoms with van der Waals surface area (Å²) in [6, 6.07) is 18.3. The number of hydrogen-bond donors (Lipinski definition) is 1. The smallest absolute Gasteiger partial charge is 0.352 e. The highest BCUT2D eigenvalue weighted by Gasteiger charge is 2.14. The predicted molar refractivity (Wildman–Crippen MR) is 109 cm³/mol. The van der Waals surface area contributed by atoms with Crippen molar-refractivity contribution in [3.63, 3.8) is 0 Å². The van der Waals surface area contributed by atoms with Crippen LogP contribution < -0.4 is 15.7 Å². The third-order valence-electron chi connectivity index (χ3n) is 4.47. The lowest BCUT2D eigenvalue weighted by atomic mass is 10.1. The number of methoxy groups -OCH3 is 1. The number of hydrogen-bond acceptors (Lipinski definition) is 5. The minimum absolute atomic E-state index is 0.202.